The fraction of sp³-hybridized carbons (Fsp3) is 0.350. The number of sulfone groups is 1. The third kappa shape index (κ3) is 6.97. The van der Waals surface area contributed by atoms with Crippen LogP contribution >= 0.6 is 12.4 Å². The molecule has 2 N–H and O–H groups in total. The highest BCUT2D eigenvalue weighted by Gasteiger charge is 2.15. The molecule has 0 saturated heterocycles. The van der Waals surface area contributed by atoms with Crippen LogP contribution in [0.4, 0.5) is 0 Å². The van der Waals surface area contributed by atoms with E-state index in [0.29, 0.717) is 24.5 Å². The Bertz CT molecular complexity index is 809. The summed E-state index contributed by atoms with van der Waals surface area (Å²) in [7, 11) is -3.22. The highest BCUT2D eigenvalue weighted by molar-refractivity contribution is 7.91. The molecule has 0 aliphatic heterocycles. The molecule has 0 unspecified atom stereocenters. The Balaban J connectivity index is 0.00000364. The van der Waals surface area contributed by atoms with Gasteiger partial charge in [0.25, 0.3) is 0 Å². The number of carbonyl (C=O) groups is 1. The van der Waals surface area contributed by atoms with Gasteiger partial charge in [-0.1, -0.05) is 49.4 Å². The SMILES string of the molecule is CCS(=O)(=O)c1ccc(CC(=O)N(CCN)CCc2ccccc2)cc1.Cl. The molecule has 0 heterocycles. The van der Waals surface area contributed by atoms with Gasteiger partial charge in [-0.05, 0) is 29.7 Å². The van der Waals surface area contributed by atoms with Crippen molar-refractivity contribution in [1.29, 1.82) is 0 Å². The van der Waals surface area contributed by atoms with Crippen LogP contribution in [0.5, 0.6) is 0 Å². The van der Waals surface area contributed by atoms with E-state index in [0.717, 1.165) is 12.0 Å². The largest absolute Gasteiger partial charge is 0.341 e. The minimum atomic E-state index is -3.22. The smallest absolute Gasteiger partial charge is 0.227 e. The monoisotopic (exact) mass is 410 g/mol. The highest BCUT2D eigenvalue weighted by Crippen LogP contribution is 2.13. The number of halogens is 1. The molecule has 1 amide bonds. The number of nitrogens with zero attached hydrogens (tertiary/aromatic N) is 1. The maximum Gasteiger partial charge on any atom is 0.227 e. The molecule has 0 atom stereocenters. The van der Waals surface area contributed by atoms with E-state index in [1.165, 1.54) is 5.56 Å². The number of carbonyl (C=O) groups excluding carboxylic acids is 1. The molecular formula is C20H27ClN2O3S. The van der Waals surface area contributed by atoms with Gasteiger partial charge in [0.1, 0.15) is 0 Å². The maximum atomic E-state index is 12.6. The Morgan fingerprint density at radius 1 is 0.963 bits per heavy atom. The first-order chi connectivity index (χ1) is 12.5. The second kappa shape index (κ2) is 11.1. The fourth-order valence-corrected chi connectivity index (χ4v) is 3.58. The van der Waals surface area contributed by atoms with E-state index in [2.05, 4.69) is 0 Å². The third-order valence-corrected chi connectivity index (χ3v) is 6.03. The molecule has 2 aromatic carbocycles. The van der Waals surface area contributed by atoms with Crippen LogP contribution in [0.25, 0.3) is 0 Å². The van der Waals surface area contributed by atoms with Crippen molar-refractivity contribution >= 4 is 28.2 Å². The minimum Gasteiger partial charge on any atom is -0.341 e. The number of rotatable bonds is 9. The molecule has 5 nitrogen and oxygen atoms in total. The number of hydrogen-bond donors (Lipinski definition) is 1. The molecule has 0 aliphatic rings. The summed E-state index contributed by atoms with van der Waals surface area (Å²) in [5.41, 5.74) is 7.63. The van der Waals surface area contributed by atoms with Crippen LogP contribution in [0.15, 0.2) is 59.5 Å². The summed E-state index contributed by atoms with van der Waals surface area (Å²) in [6.45, 7) is 3.15. The van der Waals surface area contributed by atoms with Gasteiger partial charge in [-0.15, -0.1) is 12.4 Å². The molecule has 148 valence electrons. The Hall–Kier alpha value is -1.89. The van der Waals surface area contributed by atoms with Crippen LogP contribution in [-0.4, -0.2) is 44.6 Å². The van der Waals surface area contributed by atoms with Crippen molar-refractivity contribution in [2.45, 2.75) is 24.7 Å². The average molecular weight is 411 g/mol. The zero-order chi connectivity index (χ0) is 19.0. The van der Waals surface area contributed by atoms with Gasteiger partial charge in [-0.3, -0.25) is 4.79 Å². The molecule has 27 heavy (non-hydrogen) atoms. The molecule has 2 aromatic rings. The topological polar surface area (TPSA) is 80.5 Å². The van der Waals surface area contributed by atoms with E-state index >= 15 is 0 Å². The first kappa shape index (κ1) is 23.1. The van der Waals surface area contributed by atoms with Gasteiger partial charge in [0, 0.05) is 19.6 Å². The lowest BCUT2D eigenvalue weighted by Gasteiger charge is -2.22. The van der Waals surface area contributed by atoms with Crippen LogP contribution in [0, 0.1) is 0 Å². The number of hydrogen-bond acceptors (Lipinski definition) is 4. The van der Waals surface area contributed by atoms with Crippen molar-refractivity contribution in [3.63, 3.8) is 0 Å². The summed E-state index contributed by atoms with van der Waals surface area (Å²) in [4.78, 5) is 14.7. The van der Waals surface area contributed by atoms with Crippen molar-refractivity contribution in [3.8, 4) is 0 Å². The Labute approximate surface area is 167 Å². The van der Waals surface area contributed by atoms with Crippen molar-refractivity contribution in [2.24, 2.45) is 5.73 Å². The van der Waals surface area contributed by atoms with E-state index in [4.69, 9.17) is 5.73 Å². The predicted octanol–water partition coefficient (Wildman–Crippen LogP) is 2.47. The van der Waals surface area contributed by atoms with Gasteiger partial charge in [0.2, 0.25) is 5.91 Å². The molecule has 7 heteroatoms. The zero-order valence-corrected chi connectivity index (χ0v) is 17.1. The lowest BCUT2D eigenvalue weighted by atomic mass is 10.1. The molecule has 0 aromatic heterocycles. The fourth-order valence-electron chi connectivity index (χ4n) is 2.69. The first-order valence-electron chi connectivity index (χ1n) is 8.79. The summed E-state index contributed by atoms with van der Waals surface area (Å²) >= 11 is 0. The molecule has 0 bridgehead atoms. The van der Waals surface area contributed by atoms with E-state index in [1.807, 2.05) is 30.3 Å². The minimum absolute atomic E-state index is 0. The third-order valence-electron chi connectivity index (χ3n) is 4.28. The van der Waals surface area contributed by atoms with Gasteiger partial charge in [-0.25, -0.2) is 8.42 Å². The summed E-state index contributed by atoms with van der Waals surface area (Å²) in [6.07, 6.45) is 1.02. The molecule has 2 rings (SSSR count). The van der Waals surface area contributed by atoms with Gasteiger partial charge in [0.15, 0.2) is 9.84 Å². The Morgan fingerprint density at radius 3 is 2.15 bits per heavy atom. The van der Waals surface area contributed by atoms with Gasteiger partial charge in [0.05, 0.1) is 17.1 Å². The van der Waals surface area contributed by atoms with E-state index in [-0.39, 0.29) is 30.5 Å². The van der Waals surface area contributed by atoms with Gasteiger partial charge in [-0.2, -0.15) is 0 Å². The normalized spacial score (nSPS) is 10.9. The molecule has 0 fully saturated rings. The maximum absolute atomic E-state index is 12.6. The van der Waals surface area contributed by atoms with Gasteiger partial charge < -0.3 is 10.6 Å². The van der Waals surface area contributed by atoms with Crippen molar-refractivity contribution in [2.75, 3.05) is 25.4 Å². The lowest BCUT2D eigenvalue weighted by molar-refractivity contribution is -0.130. The van der Waals surface area contributed by atoms with Crippen LogP contribution < -0.4 is 5.73 Å². The quantitative estimate of drug-likeness (QED) is 0.688. The number of amides is 1. The molecule has 0 radical (unpaired) electrons. The Morgan fingerprint density at radius 2 is 1.59 bits per heavy atom. The molecule has 0 saturated carbocycles. The van der Waals surface area contributed by atoms with Crippen LogP contribution in [0.1, 0.15) is 18.1 Å². The van der Waals surface area contributed by atoms with E-state index in [9.17, 15) is 13.2 Å². The molecule has 0 spiro atoms. The predicted molar refractivity (Wildman–Crippen MR) is 111 cm³/mol. The average Bonchev–Trinajstić information content (AvgIpc) is 2.66. The summed E-state index contributed by atoms with van der Waals surface area (Å²) in [5, 5.41) is 0. The van der Waals surface area contributed by atoms with Gasteiger partial charge >= 0.3 is 0 Å². The standard InChI is InChI=1S/C20H26N2O3S.ClH/c1-2-26(24,25)19-10-8-18(9-11-19)16-20(23)22(15-13-21)14-12-17-6-4-3-5-7-17;/h3-11H,2,12-16,21H2,1H3;1H. The van der Waals surface area contributed by atoms with Crippen molar-refractivity contribution < 1.29 is 13.2 Å². The summed E-state index contributed by atoms with van der Waals surface area (Å²) in [5.74, 6) is 0.0622. The number of nitrogens with two attached hydrogens (primary N) is 1. The summed E-state index contributed by atoms with van der Waals surface area (Å²) in [6, 6.07) is 16.6. The Kier molecular flexibility index (Phi) is 9.49. The first-order valence-corrected chi connectivity index (χ1v) is 10.4. The van der Waals surface area contributed by atoms with Crippen molar-refractivity contribution in [1.82, 2.24) is 4.90 Å². The van der Waals surface area contributed by atoms with E-state index in [1.54, 1.807) is 36.1 Å². The van der Waals surface area contributed by atoms with E-state index < -0.39 is 9.84 Å². The zero-order valence-electron chi connectivity index (χ0n) is 15.5. The second-order valence-electron chi connectivity index (χ2n) is 6.13. The molecule has 0 aliphatic carbocycles. The lowest BCUT2D eigenvalue weighted by Crippen LogP contribution is -2.37. The van der Waals surface area contributed by atoms with Crippen LogP contribution in [0.3, 0.4) is 0 Å². The summed E-state index contributed by atoms with van der Waals surface area (Å²) < 4.78 is 23.7. The van der Waals surface area contributed by atoms with Crippen LogP contribution in [-0.2, 0) is 27.5 Å². The number of benzene rings is 2. The second-order valence-corrected chi connectivity index (χ2v) is 8.41. The van der Waals surface area contributed by atoms with Crippen molar-refractivity contribution in [3.05, 3.63) is 65.7 Å². The van der Waals surface area contributed by atoms with Crippen LogP contribution in [0.2, 0.25) is 0 Å². The highest BCUT2D eigenvalue weighted by atomic mass is 35.5. The molecular weight excluding hydrogens is 384 g/mol.